The number of amides is 2. The minimum absolute atomic E-state index is 0.0265. The average molecular weight is 394 g/mol. The van der Waals surface area contributed by atoms with E-state index in [0.717, 1.165) is 11.3 Å². The highest BCUT2D eigenvalue weighted by Gasteiger charge is 2.42. The summed E-state index contributed by atoms with van der Waals surface area (Å²) in [5.41, 5.74) is 1.71. The van der Waals surface area contributed by atoms with E-state index in [4.69, 9.17) is 9.47 Å². The largest absolute Gasteiger partial charge is 0.497 e. The summed E-state index contributed by atoms with van der Waals surface area (Å²) in [5.74, 6) is 0.567. The van der Waals surface area contributed by atoms with Gasteiger partial charge in [0.25, 0.3) is 5.91 Å². The van der Waals surface area contributed by atoms with Crippen molar-refractivity contribution in [3.8, 4) is 5.75 Å². The van der Waals surface area contributed by atoms with Crippen molar-refractivity contribution in [2.45, 2.75) is 5.92 Å². The maximum atomic E-state index is 13.3. The van der Waals surface area contributed by atoms with Gasteiger partial charge in [-0.05, 0) is 29.8 Å². The molecule has 2 aromatic rings. The van der Waals surface area contributed by atoms with Crippen LogP contribution in [0.4, 0.5) is 0 Å². The Hall–Kier alpha value is -2.86. The second-order valence-electron chi connectivity index (χ2n) is 7.50. The van der Waals surface area contributed by atoms with Crippen LogP contribution in [-0.2, 0) is 9.53 Å². The summed E-state index contributed by atoms with van der Waals surface area (Å²) in [4.78, 5) is 30.0. The van der Waals surface area contributed by atoms with E-state index in [1.54, 1.807) is 7.11 Å². The van der Waals surface area contributed by atoms with Gasteiger partial charge in [-0.3, -0.25) is 9.59 Å². The SMILES string of the molecule is COc1ccc([C@H]2CN(C(=O)c3ccccc3)C[C@@H]2C(=O)N2CCOCC2)cc1. The zero-order chi connectivity index (χ0) is 20.2. The fourth-order valence-corrected chi connectivity index (χ4v) is 4.19. The Morgan fingerprint density at radius 3 is 2.28 bits per heavy atom. The average Bonchev–Trinajstić information content (AvgIpc) is 3.24. The van der Waals surface area contributed by atoms with Crippen molar-refractivity contribution in [1.29, 1.82) is 0 Å². The van der Waals surface area contributed by atoms with E-state index in [2.05, 4.69) is 0 Å². The van der Waals surface area contributed by atoms with Gasteiger partial charge in [-0.2, -0.15) is 0 Å². The molecule has 0 unspecified atom stereocenters. The molecular weight excluding hydrogens is 368 g/mol. The van der Waals surface area contributed by atoms with Crippen molar-refractivity contribution >= 4 is 11.8 Å². The van der Waals surface area contributed by atoms with Gasteiger partial charge >= 0.3 is 0 Å². The van der Waals surface area contributed by atoms with Gasteiger partial charge in [-0.25, -0.2) is 0 Å². The molecule has 0 radical (unpaired) electrons. The summed E-state index contributed by atoms with van der Waals surface area (Å²) in [7, 11) is 1.63. The molecule has 4 rings (SSSR count). The third-order valence-corrected chi connectivity index (χ3v) is 5.81. The number of morpholine rings is 1. The van der Waals surface area contributed by atoms with Crippen LogP contribution < -0.4 is 4.74 Å². The minimum Gasteiger partial charge on any atom is -0.497 e. The lowest BCUT2D eigenvalue weighted by molar-refractivity contribution is -0.139. The second kappa shape index (κ2) is 8.66. The van der Waals surface area contributed by atoms with E-state index in [-0.39, 0.29) is 23.7 Å². The first kappa shape index (κ1) is 19.5. The van der Waals surface area contributed by atoms with Crippen LogP contribution in [0.3, 0.4) is 0 Å². The highest BCUT2D eigenvalue weighted by molar-refractivity contribution is 5.95. The molecule has 2 saturated heterocycles. The van der Waals surface area contributed by atoms with E-state index in [1.165, 1.54) is 0 Å². The lowest BCUT2D eigenvalue weighted by Gasteiger charge is -2.30. The van der Waals surface area contributed by atoms with E-state index in [0.29, 0.717) is 45.0 Å². The highest BCUT2D eigenvalue weighted by atomic mass is 16.5. The molecule has 29 heavy (non-hydrogen) atoms. The second-order valence-corrected chi connectivity index (χ2v) is 7.50. The molecule has 2 amide bonds. The third kappa shape index (κ3) is 4.12. The molecule has 152 valence electrons. The van der Waals surface area contributed by atoms with Crippen molar-refractivity contribution in [2.75, 3.05) is 46.5 Å². The van der Waals surface area contributed by atoms with Gasteiger partial charge in [0, 0.05) is 37.7 Å². The molecule has 0 aliphatic carbocycles. The van der Waals surface area contributed by atoms with Crippen LogP contribution in [0.5, 0.6) is 5.75 Å². The summed E-state index contributed by atoms with van der Waals surface area (Å²) >= 11 is 0. The van der Waals surface area contributed by atoms with Gasteiger partial charge in [0.05, 0.1) is 26.2 Å². The van der Waals surface area contributed by atoms with E-state index >= 15 is 0 Å². The molecule has 0 bridgehead atoms. The number of nitrogens with zero attached hydrogens (tertiary/aromatic N) is 2. The number of hydrogen-bond donors (Lipinski definition) is 0. The first-order valence-electron chi connectivity index (χ1n) is 10.0. The van der Waals surface area contributed by atoms with E-state index < -0.39 is 0 Å². The number of benzene rings is 2. The quantitative estimate of drug-likeness (QED) is 0.799. The summed E-state index contributed by atoms with van der Waals surface area (Å²) < 4.78 is 10.7. The standard InChI is InChI=1S/C23H26N2O4/c1-28-19-9-7-17(8-10-19)20-15-25(22(26)18-5-3-2-4-6-18)16-21(20)23(27)24-11-13-29-14-12-24/h2-10,20-21H,11-16H2,1H3/t20-,21+/m1/s1. The Morgan fingerprint density at radius 2 is 1.62 bits per heavy atom. The molecule has 0 spiro atoms. The highest BCUT2D eigenvalue weighted by Crippen LogP contribution is 2.35. The number of ether oxygens (including phenoxy) is 2. The van der Waals surface area contributed by atoms with Gasteiger partial charge in [0.2, 0.25) is 5.91 Å². The lowest BCUT2D eigenvalue weighted by Crippen LogP contribution is -2.45. The molecule has 2 heterocycles. The van der Waals surface area contributed by atoms with Crippen molar-refractivity contribution in [2.24, 2.45) is 5.92 Å². The van der Waals surface area contributed by atoms with Crippen LogP contribution in [-0.4, -0.2) is 68.1 Å². The smallest absolute Gasteiger partial charge is 0.253 e. The summed E-state index contributed by atoms with van der Waals surface area (Å²) in [6, 6.07) is 17.1. The molecule has 0 saturated carbocycles. The number of rotatable bonds is 4. The molecule has 2 fully saturated rings. The van der Waals surface area contributed by atoms with E-state index in [9.17, 15) is 9.59 Å². The maximum absolute atomic E-state index is 13.3. The molecule has 2 aliphatic rings. The Balaban J connectivity index is 1.59. The number of carbonyl (C=O) groups is 2. The zero-order valence-corrected chi connectivity index (χ0v) is 16.6. The van der Waals surface area contributed by atoms with Crippen LogP contribution in [0.25, 0.3) is 0 Å². The summed E-state index contributed by atoms with van der Waals surface area (Å²) in [6.07, 6.45) is 0. The van der Waals surface area contributed by atoms with Gasteiger partial charge < -0.3 is 19.3 Å². The van der Waals surface area contributed by atoms with Crippen LogP contribution in [0.1, 0.15) is 21.8 Å². The monoisotopic (exact) mass is 394 g/mol. The fraction of sp³-hybridized carbons (Fsp3) is 0.391. The van der Waals surface area contributed by atoms with Gasteiger partial charge in [0.15, 0.2) is 0 Å². The van der Waals surface area contributed by atoms with E-state index in [1.807, 2.05) is 64.4 Å². The molecule has 6 nitrogen and oxygen atoms in total. The molecular formula is C23H26N2O4. The predicted molar refractivity (Wildman–Crippen MR) is 109 cm³/mol. The first-order chi connectivity index (χ1) is 14.2. The third-order valence-electron chi connectivity index (χ3n) is 5.81. The maximum Gasteiger partial charge on any atom is 0.253 e. The van der Waals surface area contributed by atoms with Crippen LogP contribution >= 0.6 is 0 Å². The first-order valence-corrected chi connectivity index (χ1v) is 10.0. The molecule has 0 aromatic heterocycles. The van der Waals surface area contributed by atoms with Crippen molar-refractivity contribution < 1.29 is 19.1 Å². The van der Waals surface area contributed by atoms with Gasteiger partial charge in [-0.1, -0.05) is 30.3 Å². The number of carbonyl (C=O) groups excluding carboxylic acids is 2. The lowest BCUT2D eigenvalue weighted by atomic mass is 9.88. The molecule has 6 heteroatoms. The van der Waals surface area contributed by atoms with Crippen LogP contribution in [0.2, 0.25) is 0 Å². The topological polar surface area (TPSA) is 59.1 Å². The van der Waals surface area contributed by atoms with Crippen LogP contribution in [0.15, 0.2) is 54.6 Å². The Morgan fingerprint density at radius 1 is 0.931 bits per heavy atom. The van der Waals surface area contributed by atoms with Crippen molar-refractivity contribution in [1.82, 2.24) is 9.80 Å². The summed E-state index contributed by atoms with van der Waals surface area (Å²) in [5, 5.41) is 0. The molecule has 2 atom stereocenters. The number of methoxy groups -OCH3 is 1. The zero-order valence-electron chi connectivity index (χ0n) is 16.6. The predicted octanol–water partition coefficient (Wildman–Crippen LogP) is 2.41. The summed E-state index contributed by atoms with van der Waals surface area (Å²) in [6.45, 7) is 3.31. The molecule has 0 N–H and O–H groups in total. The minimum atomic E-state index is -0.255. The normalized spacial score (nSPS) is 21.8. The van der Waals surface area contributed by atoms with Crippen molar-refractivity contribution in [3.05, 3.63) is 65.7 Å². The number of likely N-dealkylation sites (tertiary alicyclic amines) is 1. The molecule has 2 aromatic carbocycles. The Bertz CT molecular complexity index is 847. The number of hydrogen-bond acceptors (Lipinski definition) is 4. The van der Waals surface area contributed by atoms with Crippen LogP contribution in [0, 0.1) is 5.92 Å². The Labute approximate surface area is 171 Å². The van der Waals surface area contributed by atoms with Gasteiger partial charge in [0.1, 0.15) is 5.75 Å². The van der Waals surface area contributed by atoms with Gasteiger partial charge in [-0.15, -0.1) is 0 Å². The fourth-order valence-electron chi connectivity index (χ4n) is 4.19. The van der Waals surface area contributed by atoms with Crippen molar-refractivity contribution in [3.63, 3.8) is 0 Å². The molecule has 2 aliphatic heterocycles. The Kier molecular flexibility index (Phi) is 5.81.